The van der Waals surface area contributed by atoms with Crippen LogP contribution in [0.3, 0.4) is 0 Å². The number of hydrogen-bond donors (Lipinski definition) is 2. The molecule has 0 radical (unpaired) electrons. The summed E-state index contributed by atoms with van der Waals surface area (Å²) in [5.74, 6) is 1.25. The zero-order valence-corrected chi connectivity index (χ0v) is 20.7. The molecule has 0 aliphatic carbocycles. The van der Waals surface area contributed by atoms with Gasteiger partial charge in [-0.2, -0.15) is 10.1 Å². The Kier molecular flexibility index (Phi) is 5.59. The van der Waals surface area contributed by atoms with Crippen molar-refractivity contribution in [2.45, 2.75) is 32.6 Å². The molecule has 0 atom stereocenters. The molecule has 2 N–H and O–H groups in total. The van der Waals surface area contributed by atoms with E-state index in [4.69, 9.17) is 9.15 Å². The highest BCUT2D eigenvalue weighted by Gasteiger charge is 2.17. The minimum atomic E-state index is -3.90. The van der Waals surface area contributed by atoms with Gasteiger partial charge >= 0.3 is 5.76 Å². The van der Waals surface area contributed by atoms with E-state index in [1.807, 2.05) is 20.8 Å². The minimum Gasteiger partial charge on any atom is -0.439 e. The van der Waals surface area contributed by atoms with Crippen molar-refractivity contribution in [1.82, 2.24) is 24.7 Å². The van der Waals surface area contributed by atoms with Gasteiger partial charge in [0.1, 0.15) is 11.6 Å². The van der Waals surface area contributed by atoms with Crippen LogP contribution in [0.25, 0.3) is 16.9 Å². The normalized spacial score (nSPS) is 11.7. The molecular formula is C24H22N6O5S. The van der Waals surface area contributed by atoms with Crippen molar-refractivity contribution in [3.05, 3.63) is 81.9 Å². The summed E-state index contributed by atoms with van der Waals surface area (Å²) in [4.78, 5) is 22.6. The lowest BCUT2D eigenvalue weighted by atomic mass is 10.2. The largest absolute Gasteiger partial charge is 0.439 e. The predicted molar refractivity (Wildman–Crippen MR) is 132 cm³/mol. The molecule has 0 amide bonds. The molecule has 5 rings (SSSR count). The fourth-order valence-electron chi connectivity index (χ4n) is 3.65. The lowest BCUT2D eigenvalue weighted by molar-refractivity contribution is 0.459. The van der Waals surface area contributed by atoms with Crippen molar-refractivity contribution in [2.75, 3.05) is 4.72 Å². The second kappa shape index (κ2) is 8.64. The number of anilines is 1. The van der Waals surface area contributed by atoms with Gasteiger partial charge in [0.2, 0.25) is 5.88 Å². The van der Waals surface area contributed by atoms with Crippen LogP contribution >= 0.6 is 0 Å². The van der Waals surface area contributed by atoms with E-state index in [0.29, 0.717) is 34.5 Å². The minimum absolute atomic E-state index is 0.0178. The van der Waals surface area contributed by atoms with Crippen molar-refractivity contribution in [1.29, 1.82) is 0 Å². The first-order valence-electron chi connectivity index (χ1n) is 10.9. The van der Waals surface area contributed by atoms with Crippen molar-refractivity contribution in [3.63, 3.8) is 0 Å². The lowest BCUT2D eigenvalue weighted by Crippen LogP contribution is -2.12. The van der Waals surface area contributed by atoms with Gasteiger partial charge in [0.15, 0.2) is 11.4 Å². The molecule has 0 spiro atoms. The van der Waals surface area contributed by atoms with Crippen LogP contribution in [-0.4, -0.2) is 33.2 Å². The second-order valence-electron chi connectivity index (χ2n) is 8.22. The van der Waals surface area contributed by atoms with Gasteiger partial charge in [0.25, 0.3) is 10.0 Å². The number of H-pyrrole nitrogens is 1. The summed E-state index contributed by atoms with van der Waals surface area (Å²) in [6.45, 7) is 7.69. The van der Waals surface area contributed by atoms with E-state index >= 15 is 0 Å². The molecule has 3 heterocycles. The SMILES string of the molecule is Cc1nc(Oc2ccc(NS(=O)(=O)c3ccc4oc(=O)[nH]c4c3)cc2)cc(-n2nc(C)c(C)c2C)n1. The first-order valence-corrected chi connectivity index (χ1v) is 12.4. The number of ether oxygens (including phenoxy) is 1. The molecule has 36 heavy (non-hydrogen) atoms. The monoisotopic (exact) mass is 506 g/mol. The summed E-state index contributed by atoms with van der Waals surface area (Å²) in [7, 11) is -3.90. The van der Waals surface area contributed by atoms with E-state index in [9.17, 15) is 13.2 Å². The van der Waals surface area contributed by atoms with Crippen LogP contribution < -0.4 is 15.2 Å². The number of aromatic nitrogens is 5. The summed E-state index contributed by atoms with van der Waals surface area (Å²) in [5, 5.41) is 4.54. The predicted octanol–water partition coefficient (Wildman–Crippen LogP) is 3.92. The van der Waals surface area contributed by atoms with Crippen molar-refractivity contribution < 1.29 is 17.6 Å². The number of aromatic amines is 1. The van der Waals surface area contributed by atoms with Gasteiger partial charge in [-0.15, -0.1) is 0 Å². The van der Waals surface area contributed by atoms with Crippen LogP contribution in [0.2, 0.25) is 0 Å². The molecule has 0 bridgehead atoms. The summed E-state index contributed by atoms with van der Waals surface area (Å²) >= 11 is 0. The molecule has 0 fully saturated rings. The zero-order chi connectivity index (χ0) is 25.6. The Bertz CT molecular complexity index is 1770. The molecule has 184 valence electrons. The van der Waals surface area contributed by atoms with Crippen LogP contribution in [0.1, 0.15) is 22.8 Å². The molecule has 2 aromatic carbocycles. The number of sulfonamides is 1. The van der Waals surface area contributed by atoms with Gasteiger partial charge in [-0.05, 0) is 75.7 Å². The molecular weight excluding hydrogens is 484 g/mol. The Hall–Kier alpha value is -4.45. The third kappa shape index (κ3) is 4.45. The molecule has 5 aromatic rings. The molecule has 0 unspecified atom stereocenters. The van der Waals surface area contributed by atoms with E-state index in [1.54, 1.807) is 41.9 Å². The van der Waals surface area contributed by atoms with Gasteiger partial charge in [-0.3, -0.25) is 9.71 Å². The van der Waals surface area contributed by atoms with E-state index in [2.05, 4.69) is 24.8 Å². The number of rotatable bonds is 6. The van der Waals surface area contributed by atoms with E-state index in [1.165, 1.54) is 18.2 Å². The van der Waals surface area contributed by atoms with Crippen LogP contribution in [0.5, 0.6) is 11.6 Å². The maximum Gasteiger partial charge on any atom is 0.417 e. The number of oxazole rings is 1. The number of fused-ring (bicyclic) bond motifs is 1. The summed E-state index contributed by atoms with van der Waals surface area (Å²) in [5.41, 5.74) is 3.89. The number of aryl methyl sites for hydroxylation is 2. The topological polar surface area (TPSA) is 145 Å². The molecule has 3 aromatic heterocycles. The second-order valence-corrected chi connectivity index (χ2v) is 9.91. The Balaban J connectivity index is 1.35. The van der Waals surface area contributed by atoms with Gasteiger partial charge in [-0.25, -0.2) is 22.9 Å². The molecule has 11 nitrogen and oxygen atoms in total. The van der Waals surface area contributed by atoms with Gasteiger partial charge in [0, 0.05) is 17.4 Å². The number of hydrogen-bond acceptors (Lipinski definition) is 8. The standard InChI is InChI=1S/C24H22N6O5S/c1-13-14(2)28-30(15(13)3)22-12-23(26-16(4)25-22)34-18-7-5-17(6-8-18)29-36(32,33)19-9-10-21-20(11-19)27-24(31)35-21/h5-12,29H,1-4H3,(H,27,31). The van der Waals surface area contributed by atoms with Gasteiger partial charge in [0.05, 0.1) is 16.1 Å². The summed E-state index contributed by atoms with van der Waals surface area (Å²) < 4.78 is 40.7. The van der Waals surface area contributed by atoms with E-state index in [-0.39, 0.29) is 10.5 Å². The molecule has 0 aliphatic heterocycles. The van der Waals surface area contributed by atoms with Gasteiger partial charge in [-0.1, -0.05) is 0 Å². The van der Waals surface area contributed by atoms with Crippen LogP contribution in [-0.2, 0) is 10.0 Å². The number of nitrogens with zero attached hydrogens (tertiary/aromatic N) is 4. The van der Waals surface area contributed by atoms with Crippen LogP contribution in [0, 0.1) is 27.7 Å². The Morgan fingerprint density at radius 3 is 2.44 bits per heavy atom. The van der Waals surface area contributed by atoms with E-state index in [0.717, 1.165) is 17.0 Å². The highest BCUT2D eigenvalue weighted by Crippen LogP contribution is 2.26. The molecule has 0 saturated carbocycles. The maximum atomic E-state index is 12.8. The maximum absolute atomic E-state index is 12.8. The third-order valence-corrected chi connectivity index (χ3v) is 7.08. The molecule has 12 heteroatoms. The Morgan fingerprint density at radius 1 is 1.00 bits per heavy atom. The zero-order valence-electron chi connectivity index (χ0n) is 19.9. The fraction of sp³-hybridized carbons (Fsp3) is 0.167. The number of benzene rings is 2. The first kappa shape index (κ1) is 23.3. The van der Waals surface area contributed by atoms with Crippen molar-refractivity contribution >= 4 is 26.8 Å². The third-order valence-electron chi connectivity index (χ3n) is 5.70. The smallest absolute Gasteiger partial charge is 0.417 e. The Labute approximate surface area is 205 Å². The lowest BCUT2D eigenvalue weighted by Gasteiger charge is -2.11. The van der Waals surface area contributed by atoms with E-state index < -0.39 is 15.8 Å². The fourth-order valence-corrected chi connectivity index (χ4v) is 4.74. The highest BCUT2D eigenvalue weighted by molar-refractivity contribution is 7.92. The number of nitrogens with one attached hydrogen (secondary N) is 2. The first-order chi connectivity index (χ1) is 17.1. The van der Waals surface area contributed by atoms with Crippen LogP contribution in [0.15, 0.2) is 62.6 Å². The molecule has 0 aliphatic rings. The van der Waals surface area contributed by atoms with Crippen LogP contribution in [0.4, 0.5) is 5.69 Å². The summed E-state index contributed by atoms with van der Waals surface area (Å²) in [6.07, 6.45) is 0. The quantitative estimate of drug-likeness (QED) is 0.352. The average Bonchev–Trinajstić information content (AvgIpc) is 3.32. The van der Waals surface area contributed by atoms with Crippen molar-refractivity contribution in [3.8, 4) is 17.4 Å². The highest BCUT2D eigenvalue weighted by atomic mass is 32.2. The van der Waals surface area contributed by atoms with Gasteiger partial charge < -0.3 is 9.15 Å². The molecule has 0 saturated heterocycles. The summed E-state index contributed by atoms with van der Waals surface area (Å²) in [6, 6.07) is 12.2. The average molecular weight is 507 g/mol. The van der Waals surface area contributed by atoms with Crippen molar-refractivity contribution in [2.24, 2.45) is 0 Å². The Morgan fingerprint density at radius 2 is 1.75 bits per heavy atom.